The summed E-state index contributed by atoms with van der Waals surface area (Å²) >= 11 is 3.42. The van der Waals surface area contributed by atoms with E-state index in [9.17, 15) is 13.2 Å². The number of nitrogens with zero attached hydrogens (tertiary/aromatic N) is 1. The Morgan fingerprint density at radius 2 is 1.77 bits per heavy atom. The summed E-state index contributed by atoms with van der Waals surface area (Å²) in [6.07, 6.45) is 0. The number of methoxy groups -OCH3 is 1. The summed E-state index contributed by atoms with van der Waals surface area (Å²) in [6, 6.07) is 20.0. The van der Waals surface area contributed by atoms with Gasteiger partial charge < -0.3 is 10.1 Å². The van der Waals surface area contributed by atoms with E-state index in [1.54, 1.807) is 48.5 Å². The zero-order valence-corrected chi connectivity index (χ0v) is 18.9. The molecule has 30 heavy (non-hydrogen) atoms. The average Bonchev–Trinajstić information content (AvgIpc) is 2.75. The van der Waals surface area contributed by atoms with E-state index in [0.29, 0.717) is 17.1 Å². The van der Waals surface area contributed by atoms with Crippen molar-refractivity contribution in [2.45, 2.75) is 11.8 Å². The van der Waals surface area contributed by atoms with Crippen molar-refractivity contribution in [1.82, 2.24) is 0 Å². The fraction of sp³-hybridized carbons (Fsp3) is 0.136. The molecule has 0 spiro atoms. The SMILES string of the molecule is COc1cccc(N(CC(=O)Nc2ccc(Br)c(C)c2)S(=O)(=O)c2ccccc2)c1. The zero-order chi connectivity index (χ0) is 21.7. The number of hydrogen-bond acceptors (Lipinski definition) is 4. The quantitative estimate of drug-likeness (QED) is 0.527. The molecule has 156 valence electrons. The molecule has 1 N–H and O–H groups in total. The van der Waals surface area contributed by atoms with E-state index in [4.69, 9.17) is 4.74 Å². The summed E-state index contributed by atoms with van der Waals surface area (Å²) in [6.45, 7) is 1.52. The third-order valence-corrected chi connectivity index (χ3v) is 7.08. The van der Waals surface area contributed by atoms with Gasteiger partial charge >= 0.3 is 0 Å². The zero-order valence-electron chi connectivity index (χ0n) is 16.5. The van der Waals surface area contributed by atoms with Gasteiger partial charge in [-0.2, -0.15) is 0 Å². The van der Waals surface area contributed by atoms with Gasteiger partial charge in [0.05, 0.1) is 17.7 Å². The van der Waals surface area contributed by atoms with Gasteiger partial charge in [0.15, 0.2) is 0 Å². The van der Waals surface area contributed by atoms with Gasteiger partial charge in [0.25, 0.3) is 10.0 Å². The van der Waals surface area contributed by atoms with Gasteiger partial charge in [-0.05, 0) is 55.0 Å². The van der Waals surface area contributed by atoms with Crippen LogP contribution in [0.2, 0.25) is 0 Å². The molecule has 3 aromatic rings. The molecule has 0 saturated carbocycles. The van der Waals surface area contributed by atoms with E-state index < -0.39 is 15.9 Å². The molecule has 0 fully saturated rings. The fourth-order valence-electron chi connectivity index (χ4n) is 2.85. The van der Waals surface area contributed by atoms with Gasteiger partial charge in [-0.15, -0.1) is 0 Å². The van der Waals surface area contributed by atoms with Crippen molar-refractivity contribution in [3.05, 3.63) is 82.8 Å². The minimum Gasteiger partial charge on any atom is -0.497 e. The third kappa shape index (κ3) is 5.01. The van der Waals surface area contributed by atoms with E-state index in [0.717, 1.165) is 14.3 Å². The molecule has 0 aliphatic rings. The number of carbonyl (C=O) groups is 1. The largest absolute Gasteiger partial charge is 0.497 e. The number of hydrogen-bond donors (Lipinski definition) is 1. The first-order valence-electron chi connectivity index (χ1n) is 9.09. The maximum absolute atomic E-state index is 13.3. The molecular formula is C22H21BrN2O4S. The highest BCUT2D eigenvalue weighted by molar-refractivity contribution is 9.10. The van der Waals surface area contributed by atoms with Crippen LogP contribution in [0.3, 0.4) is 0 Å². The molecule has 0 aromatic heterocycles. The lowest BCUT2D eigenvalue weighted by atomic mass is 10.2. The highest BCUT2D eigenvalue weighted by atomic mass is 79.9. The topological polar surface area (TPSA) is 75.7 Å². The number of sulfonamides is 1. The van der Waals surface area contributed by atoms with Crippen molar-refractivity contribution in [2.24, 2.45) is 0 Å². The van der Waals surface area contributed by atoms with Crippen molar-refractivity contribution < 1.29 is 17.9 Å². The minimum absolute atomic E-state index is 0.0973. The molecular weight excluding hydrogens is 468 g/mol. The van der Waals surface area contributed by atoms with Crippen molar-refractivity contribution in [1.29, 1.82) is 0 Å². The van der Waals surface area contributed by atoms with E-state index in [1.165, 1.54) is 19.2 Å². The van der Waals surface area contributed by atoms with E-state index in [2.05, 4.69) is 21.2 Å². The molecule has 0 aliphatic heterocycles. The van der Waals surface area contributed by atoms with Crippen molar-refractivity contribution in [3.8, 4) is 5.75 Å². The molecule has 0 radical (unpaired) electrons. The van der Waals surface area contributed by atoms with Crippen LogP contribution in [0.1, 0.15) is 5.56 Å². The van der Waals surface area contributed by atoms with E-state index in [1.807, 2.05) is 19.1 Å². The Morgan fingerprint density at radius 1 is 1.03 bits per heavy atom. The van der Waals surface area contributed by atoms with Gasteiger partial charge in [0.1, 0.15) is 12.3 Å². The third-order valence-electron chi connectivity index (χ3n) is 4.40. The highest BCUT2D eigenvalue weighted by Gasteiger charge is 2.27. The summed E-state index contributed by atoms with van der Waals surface area (Å²) in [4.78, 5) is 12.9. The lowest BCUT2D eigenvalue weighted by Crippen LogP contribution is -2.38. The maximum Gasteiger partial charge on any atom is 0.264 e. The highest BCUT2D eigenvalue weighted by Crippen LogP contribution is 2.27. The molecule has 0 aliphatic carbocycles. The minimum atomic E-state index is -3.97. The molecule has 8 heteroatoms. The second kappa shape index (κ2) is 9.32. The van der Waals surface area contributed by atoms with Crippen LogP contribution in [0, 0.1) is 6.92 Å². The Morgan fingerprint density at radius 3 is 2.43 bits per heavy atom. The van der Waals surface area contributed by atoms with Crippen molar-refractivity contribution in [3.63, 3.8) is 0 Å². The number of nitrogens with one attached hydrogen (secondary N) is 1. The summed E-state index contributed by atoms with van der Waals surface area (Å²) < 4.78 is 33.9. The predicted octanol–water partition coefficient (Wildman–Crippen LogP) is 4.60. The lowest BCUT2D eigenvalue weighted by Gasteiger charge is -2.24. The second-order valence-electron chi connectivity index (χ2n) is 6.54. The standard InChI is InChI=1S/C22H21BrN2O4S/c1-16-13-17(11-12-21(16)23)24-22(26)15-25(18-7-6-8-19(14-18)29-2)30(27,28)20-9-4-3-5-10-20/h3-14H,15H2,1-2H3,(H,24,26). The van der Waals surface area contributed by atoms with Crippen LogP contribution in [0.5, 0.6) is 5.75 Å². The normalized spacial score (nSPS) is 11.0. The molecule has 3 aromatic carbocycles. The lowest BCUT2D eigenvalue weighted by molar-refractivity contribution is -0.114. The number of aryl methyl sites for hydroxylation is 1. The molecule has 3 rings (SSSR count). The van der Waals surface area contributed by atoms with Crippen LogP contribution in [-0.2, 0) is 14.8 Å². The number of carbonyl (C=O) groups excluding carboxylic acids is 1. The van der Waals surface area contributed by atoms with Gasteiger partial charge in [-0.25, -0.2) is 8.42 Å². The van der Waals surface area contributed by atoms with Crippen LogP contribution < -0.4 is 14.4 Å². The summed E-state index contributed by atoms with van der Waals surface area (Å²) in [7, 11) is -2.47. The Hall–Kier alpha value is -2.84. The van der Waals surface area contributed by atoms with Crippen LogP contribution >= 0.6 is 15.9 Å². The Bertz CT molecular complexity index is 1150. The molecule has 0 atom stereocenters. The van der Waals surface area contributed by atoms with E-state index >= 15 is 0 Å². The van der Waals surface area contributed by atoms with Crippen LogP contribution in [-0.4, -0.2) is 28.0 Å². The molecule has 6 nitrogen and oxygen atoms in total. The smallest absolute Gasteiger partial charge is 0.264 e. The van der Waals surface area contributed by atoms with Gasteiger partial charge in [-0.3, -0.25) is 9.10 Å². The monoisotopic (exact) mass is 488 g/mol. The molecule has 0 heterocycles. The molecule has 1 amide bonds. The first-order valence-corrected chi connectivity index (χ1v) is 11.3. The number of rotatable bonds is 7. The summed E-state index contributed by atoms with van der Waals surface area (Å²) in [5, 5.41) is 2.77. The van der Waals surface area contributed by atoms with E-state index in [-0.39, 0.29) is 11.4 Å². The molecule has 0 unspecified atom stereocenters. The second-order valence-corrected chi connectivity index (χ2v) is 9.25. The Balaban J connectivity index is 1.94. The van der Waals surface area contributed by atoms with Gasteiger partial charge in [0.2, 0.25) is 5.91 Å². The van der Waals surface area contributed by atoms with Crippen LogP contribution in [0.15, 0.2) is 82.2 Å². The number of ether oxygens (including phenoxy) is 1. The Labute approximate surface area is 184 Å². The molecule has 0 saturated heterocycles. The first-order chi connectivity index (χ1) is 14.3. The summed E-state index contributed by atoms with van der Waals surface area (Å²) in [5.41, 5.74) is 1.87. The number of anilines is 2. The number of halogens is 1. The fourth-order valence-corrected chi connectivity index (χ4v) is 4.53. The average molecular weight is 489 g/mol. The molecule has 0 bridgehead atoms. The van der Waals surface area contributed by atoms with Crippen molar-refractivity contribution in [2.75, 3.05) is 23.3 Å². The number of amides is 1. The number of benzene rings is 3. The van der Waals surface area contributed by atoms with Gasteiger partial charge in [0, 0.05) is 16.2 Å². The van der Waals surface area contributed by atoms with Crippen molar-refractivity contribution >= 4 is 43.2 Å². The van der Waals surface area contributed by atoms with Crippen LogP contribution in [0.25, 0.3) is 0 Å². The Kier molecular flexibility index (Phi) is 6.79. The predicted molar refractivity (Wildman–Crippen MR) is 121 cm³/mol. The summed E-state index contributed by atoms with van der Waals surface area (Å²) in [5.74, 6) is 0.0313. The van der Waals surface area contributed by atoms with Crippen LogP contribution in [0.4, 0.5) is 11.4 Å². The first kappa shape index (κ1) is 21.9. The van der Waals surface area contributed by atoms with Gasteiger partial charge in [-0.1, -0.05) is 40.2 Å². The maximum atomic E-state index is 13.3.